The Morgan fingerprint density at radius 1 is 1.27 bits per heavy atom. The summed E-state index contributed by atoms with van der Waals surface area (Å²) in [6.07, 6.45) is 5.53. The summed E-state index contributed by atoms with van der Waals surface area (Å²) >= 11 is 0. The van der Waals surface area contributed by atoms with Crippen molar-refractivity contribution in [2.75, 3.05) is 26.2 Å². The number of fused-ring (bicyclic) bond motifs is 4. The number of rotatable bonds is 5. The second-order valence-electron chi connectivity index (χ2n) is 5.58. The van der Waals surface area contributed by atoms with Crippen LogP contribution < -0.4 is 0 Å². The highest BCUT2D eigenvalue weighted by Gasteiger charge is 2.32. The molecule has 3 aliphatic heterocycles. The summed E-state index contributed by atoms with van der Waals surface area (Å²) in [6.45, 7) is 9.67. The zero-order valence-electron chi connectivity index (χ0n) is 13.4. The molecule has 0 aromatic heterocycles. The Morgan fingerprint density at radius 2 is 1.95 bits per heavy atom. The van der Waals surface area contributed by atoms with Crippen LogP contribution in [0.5, 0.6) is 0 Å². The first-order valence-electron chi connectivity index (χ1n) is 7.62. The summed E-state index contributed by atoms with van der Waals surface area (Å²) in [6, 6.07) is 0.335. The van der Waals surface area contributed by atoms with Gasteiger partial charge in [-0.1, -0.05) is 6.58 Å². The Morgan fingerprint density at radius 3 is 2.50 bits per heavy atom. The quantitative estimate of drug-likeness (QED) is 0.249. The van der Waals surface area contributed by atoms with Gasteiger partial charge in [0.2, 0.25) is 0 Å². The van der Waals surface area contributed by atoms with Crippen molar-refractivity contribution in [2.24, 2.45) is 0 Å². The van der Waals surface area contributed by atoms with E-state index in [1.807, 2.05) is 11.8 Å². The summed E-state index contributed by atoms with van der Waals surface area (Å²) in [4.78, 5) is 17.1. The van der Waals surface area contributed by atoms with Gasteiger partial charge in [0.25, 0.3) is 5.91 Å². The average Bonchev–Trinajstić information content (AvgIpc) is 2.87. The molecule has 3 rings (SSSR count). The molecule has 1 atom stereocenters. The van der Waals surface area contributed by atoms with Crippen LogP contribution in [0.1, 0.15) is 19.8 Å². The van der Waals surface area contributed by atoms with E-state index < -0.39 is 0 Å². The minimum absolute atomic E-state index is 0.0116. The number of hydrogen-bond acceptors (Lipinski definition) is 4. The molecule has 3 aliphatic rings. The third-order valence-electron chi connectivity index (χ3n) is 4.35. The minimum Gasteiger partial charge on any atom is -0.565 e. The third kappa shape index (κ3) is 3.74. The summed E-state index contributed by atoms with van der Waals surface area (Å²) in [5.41, 5.74) is 0.429. The van der Waals surface area contributed by atoms with Crippen molar-refractivity contribution in [3.05, 3.63) is 35.8 Å². The molecule has 0 N–H and O–H groups in total. The van der Waals surface area contributed by atoms with Gasteiger partial charge in [-0.2, -0.15) is 0 Å². The molecule has 3 fully saturated rings. The van der Waals surface area contributed by atoms with Gasteiger partial charge < -0.3 is 19.0 Å². The predicted molar refractivity (Wildman–Crippen MR) is 92.6 cm³/mol. The molecule has 0 spiro atoms. The van der Waals surface area contributed by atoms with Gasteiger partial charge in [0.1, 0.15) is 5.76 Å². The van der Waals surface area contributed by atoms with Crippen LogP contribution in [0.2, 0.25) is 0 Å². The molecule has 2 bridgehead atoms. The molecule has 0 radical (unpaired) electrons. The molecule has 0 aromatic carbocycles. The van der Waals surface area contributed by atoms with E-state index in [1.54, 1.807) is 20.2 Å². The molecule has 0 saturated carbocycles. The lowest BCUT2D eigenvalue weighted by atomic mass is 10.0. The summed E-state index contributed by atoms with van der Waals surface area (Å²) < 4.78 is 10.5. The fourth-order valence-corrected chi connectivity index (χ4v) is 3.31. The van der Waals surface area contributed by atoms with Crippen molar-refractivity contribution in [1.29, 1.82) is 0 Å². The second-order valence-corrected chi connectivity index (χ2v) is 5.82. The van der Waals surface area contributed by atoms with E-state index in [0.29, 0.717) is 23.1 Å². The first-order chi connectivity index (χ1) is 10.6. The van der Waals surface area contributed by atoms with Crippen molar-refractivity contribution in [1.82, 2.24) is 9.80 Å². The van der Waals surface area contributed by atoms with E-state index in [4.69, 9.17) is 9.18 Å². The van der Waals surface area contributed by atoms with Crippen LogP contribution in [0.4, 0.5) is 0 Å². The maximum atomic E-state index is 12.7. The Labute approximate surface area is 135 Å². The molecule has 1 amide bonds. The topological polar surface area (TPSA) is 42.0 Å². The molecule has 3 saturated heterocycles. The molecule has 0 aromatic rings. The number of nitrogens with zero attached hydrogens (tertiary/aromatic N) is 2. The van der Waals surface area contributed by atoms with Gasteiger partial charge in [0.15, 0.2) is 5.76 Å². The van der Waals surface area contributed by atoms with E-state index in [0.717, 1.165) is 39.0 Å². The van der Waals surface area contributed by atoms with Crippen LogP contribution in [-0.2, 0) is 14.0 Å². The zero-order valence-corrected chi connectivity index (χ0v) is 14.5. The van der Waals surface area contributed by atoms with Crippen molar-refractivity contribution in [3.8, 4) is 0 Å². The molecule has 3 heterocycles. The molecular formula is C15H24BN2O3P. The molecule has 0 aliphatic carbocycles. The van der Waals surface area contributed by atoms with Crippen molar-refractivity contribution >= 4 is 23.4 Å². The van der Waals surface area contributed by atoms with Gasteiger partial charge in [0.05, 0.1) is 9.47 Å². The van der Waals surface area contributed by atoms with Crippen LogP contribution >= 0.6 is 9.47 Å². The lowest BCUT2D eigenvalue weighted by molar-refractivity contribution is -0.128. The number of carbonyl (C=O) groups is 1. The lowest BCUT2D eigenvalue weighted by Gasteiger charge is -2.31. The van der Waals surface area contributed by atoms with Gasteiger partial charge in [-0.15, -0.1) is 0 Å². The SMILES string of the molecule is BOC(=C/C(=C)C(=O)N1CCN2CCC1CC2)/C(=C\C)OP. The average molecular weight is 322 g/mol. The number of carbonyl (C=O) groups excluding carboxylic acids is 1. The molecule has 1 unspecified atom stereocenters. The monoisotopic (exact) mass is 322 g/mol. The minimum atomic E-state index is -0.0116. The van der Waals surface area contributed by atoms with Crippen LogP contribution in [0.25, 0.3) is 0 Å². The van der Waals surface area contributed by atoms with E-state index in [-0.39, 0.29) is 5.91 Å². The molecular weight excluding hydrogens is 298 g/mol. The highest BCUT2D eigenvalue weighted by Crippen LogP contribution is 2.23. The summed E-state index contributed by atoms with van der Waals surface area (Å²) in [5.74, 6) is 1.05. The fourth-order valence-electron chi connectivity index (χ4n) is 3.06. The van der Waals surface area contributed by atoms with Crippen molar-refractivity contribution < 1.29 is 14.0 Å². The maximum Gasteiger partial charge on any atom is 0.322 e. The van der Waals surface area contributed by atoms with Crippen molar-refractivity contribution in [2.45, 2.75) is 25.8 Å². The van der Waals surface area contributed by atoms with E-state index in [2.05, 4.69) is 20.9 Å². The van der Waals surface area contributed by atoms with Gasteiger partial charge in [0, 0.05) is 37.8 Å². The first kappa shape index (κ1) is 17.1. The Kier molecular flexibility index (Phi) is 6.10. The standard InChI is InChI=1S/C15H24BN2O3P/c1-3-13(21-22)14(20-16)10-11(2)15(19)18-9-8-17-6-4-12(18)5-7-17/h3,10,12H,2,4-9,16,22H2,1H3/b13-3+,14-10+. The van der Waals surface area contributed by atoms with Gasteiger partial charge in [-0.25, -0.2) is 0 Å². The van der Waals surface area contributed by atoms with Gasteiger partial charge >= 0.3 is 8.05 Å². The molecule has 5 nitrogen and oxygen atoms in total. The fraction of sp³-hybridized carbons (Fsp3) is 0.533. The van der Waals surface area contributed by atoms with E-state index in [1.165, 1.54) is 0 Å². The van der Waals surface area contributed by atoms with Crippen LogP contribution in [-0.4, -0.2) is 56.0 Å². The molecule has 22 heavy (non-hydrogen) atoms. The Balaban J connectivity index is 2.12. The zero-order chi connectivity index (χ0) is 16.1. The number of hydrogen-bond donors (Lipinski definition) is 0. The van der Waals surface area contributed by atoms with Crippen LogP contribution in [0, 0.1) is 0 Å². The summed E-state index contributed by atoms with van der Waals surface area (Å²) in [5, 5.41) is 0. The second kappa shape index (κ2) is 7.84. The van der Waals surface area contributed by atoms with E-state index >= 15 is 0 Å². The number of allylic oxidation sites excluding steroid dienone is 1. The van der Waals surface area contributed by atoms with Crippen LogP contribution in [0.3, 0.4) is 0 Å². The predicted octanol–water partition coefficient (Wildman–Crippen LogP) is 1.01. The largest absolute Gasteiger partial charge is 0.565 e. The normalized spacial score (nSPS) is 25.6. The lowest BCUT2D eigenvalue weighted by Crippen LogP contribution is -2.42. The smallest absolute Gasteiger partial charge is 0.322 e. The van der Waals surface area contributed by atoms with Crippen molar-refractivity contribution in [3.63, 3.8) is 0 Å². The molecule has 7 heteroatoms. The highest BCUT2D eigenvalue weighted by atomic mass is 31.0. The Hall–Kier alpha value is -1.26. The van der Waals surface area contributed by atoms with Crippen LogP contribution in [0.15, 0.2) is 35.8 Å². The molecule has 120 valence electrons. The van der Waals surface area contributed by atoms with Gasteiger partial charge in [-0.05, 0) is 31.9 Å². The van der Waals surface area contributed by atoms with Gasteiger partial charge in [-0.3, -0.25) is 4.79 Å². The Bertz CT molecular complexity index is 499. The maximum absolute atomic E-state index is 12.7. The first-order valence-corrected chi connectivity index (χ1v) is 8.09. The highest BCUT2D eigenvalue weighted by molar-refractivity contribution is 7.10. The number of amides is 1. The van der Waals surface area contributed by atoms with E-state index in [9.17, 15) is 4.79 Å². The third-order valence-corrected chi connectivity index (χ3v) is 4.60. The number of piperidine rings is 1. The summed E-state index contributed by atoms with van der Waals surface area (Å²) in [7, 11) is 3.74.